The lowest BCUT2D eigenvalue weighted by Crippen LogP contribution is -2.37. The van der Waals surface area contributed by atoms with Crippen molar-refractivity contribution in [1.29, 1.82) is 0 Å². The molecule has 0 spiro atoms. The number of ether oxygens (including phenoxy) is 2. The van der Waals surface area contributed by atoms with Gasteiger partial charge in [0.25, 0.3) is 7.82 Å². The van der Waals surface area contributed by atoms with Crippen molar-refractivity contribution in [3.8, 4) is 0 Å². The molecule has 0 aliphatic carbocycles. The van der Waals surface area contributed by atoms with E-state index in [1.807, 2.05) is 21.1 Å². The molecular weight excluding hydrogens is 966 g/mol. The first kappa shape index (κ1) is 73.2. The topological polar surface area (TPSA) is 111 Å². The van der Waals surface area contributed by atoms with Gasteiger partial charge in [-0.1, -0.05) is 253 Å². The predicted molar refractivity (Wildman–Crippen MR) is 323 cm³/mol. The van der Waals surface area contributed by atoms with Gasteiger partial charge in [-0.25, -0.2) is 0 Å². The average molecular weight is 1080 g/mol. The van der Waals surface area contributed by atoms with Crippen LogP contribution in [0.15, 0.2) is 85.1 Å². The standard InChI is InChI=1S/C66H118NO8P/c1-6-8-10-12-14-16-18-20-22-24-26-28-30-31-32-33-34-35-37-39-41-43-45-47-49-51-53-55-57-59-66(69)75-64(63-74-76(70,71)73-61-60-67(3,4)5)62-72-65(68)58-56-54-52-50-48-46-44-42-40-38-36-29-27-25-23-21-19-17-15-13-11-9-7-2/h8,10,14,16,19-22,25-28,36,38,64H,6-7,9,11-13,15,17-18,23-24,29-35,37,39-63H2,1-5H3/b10-8-,16-14-,21-19-,22-20-,27-25-,28-26-,38-36-. The number of unbranched alkanes of at least 4 members (excludes halogenated alkanes) is 29. The largest absolute Gasteiger partial charge is 0.756 e. The van der Waals surface area contributed by atoms with Crippen LogP contribution in [-0.2, 0) is 32.7 Å². The monoisotopic (exact) mass is 1080 g/mol. The van der Waals surface area contributed by atoms with Crippen LogP contribution in [0.3, 0.4) is 0 Å². The van der Waals surface area contributed by atoms with E-state index in [1.54, 1.807) is 0 Å². The van der Waals surface area contributed by atoms with Gasteiger partial charge in [0.2, 0.25) is 0 Å². The fourth-order valence-electron chi connectivity index (χ4n) is 8.60. The molecule has 0 fully saturated rings. The minimum Gasteiger partial charge on any atom is -0.756 e. The molecule has 0 aliphatic rings. The number of esters is 2. The van der Waals surface area contributed by atoms with Crippen LogP contribution in [0.1, 0.15) is 271 Å². The van der Waals surface area contributed by atoms with Gasteiger partial charge in [0.1, 0.15) is 19.8 Å². The molecule has 0 rings (SSSR count). The molecule has 2 unspecified atom stereocenters. The van der Waals surface area contributed by atoms with Crippen molar-refractivity contribution in [3.05, 3.63) is 85.1 Å². The highest BCUT2D eigenvalue weighted by atomic mass is 31.2. The quantitative estimate of drug-likeness (QED) is 0.0195. The van der Waals surface area contributed by atoms with Crippen LogP contribution >= 0.6 is 7.82 Å². The van der Waals surface area contributed by atoms with Crippen LogP contribution < -0.4 is 4.89 Å². The van der Waals surface area contributed by atoms with Crippen molar-refractivity contribution in [2.45, 2.75) is 277 Å². The zero-order valence-electron chi connectivity index (χ0n) is 49.9. The molecule has 0 aromatic rings. The summed E-state index contributed by atoms with van der Waals surface area (Å²) in [5.74, 6) is -0.837. The summed E-state index contributed by atoms with van der Waals surface area (Å²) < 4.78 is 34.2. The SMILES string of the molecule is CC/C=C\C/C=C\C/C=C\C/C=C\CCCCCCCCCCCCCCCCCCC(=O)OC(COC(=O)CCCCCCCCCC/C=C\C/C=C\C/C=C\CCCCCCC)COP(=O)([O-])OCC[N+](C)(C)C. The van der Waals surface area contributed by atoms with E-state index in [9.17, 15) is 19.0 Å². The second-order valence-corrected chi connectivity index (χ2v) is 23.4. The van der Waals surface area contributed by atoms with Crippen molar-refractivity contribution in [1.82, 2.24) is 0 Å². The van der Waals surface area contributed by atoms with Gasteiger partial charge in [0.15, 0.2) is 6.10 Å². The lowest BCUT2D eigenvalue weighted by atomic mass is 10.0. The number of carbonyl (C=O) groups excluding carboxylic acids is 2. The minimum absolute atomic E-state index is 0.0345. The third-order valence-corrected chi connectivity index (χ3v) is 14.4. The zero-order valence-corrected chi connectivity index (χ0v) is 50.8. The molecule has 0 amide bonds. The number of phosphoric ester groups is 1. The van der Waals surface area contributed by atoms with Gasteiger partial charge in [0, 0.05) is 12.8 Å². The van der Waals surface area contributed by atoms with E-state index in [1.165, 1.54) is 148 Å². The Morgan fingerprint density at radius 2 is 0.750 bits per heavy atom. The van der Waals surface area contributed by atoms with E-state index in [2.05, 4.69) is 98.9 Å². The first-order valence-electron chi connectivity index (χ1n) is 31.3. The summed E-state index contributed by atoms with van der Waals surface area (Å²) >= 11 is 0. The number of quaternary nitrogens is 1. The minimum atomic E-state index is -4.64. The lowest BCUT2D eigenvalue weighted by Gasteiger charge is -2.28. The van der Waals surface area contributed by atoms with Crippen molar-refractivity contribution in [3.63, 3.8) is 0 Å². The van der Waals surface area contributed by atoms with Gasteiger partial charge in [-0.2, -0.15) is 0 Å². The van der Waals surface area contributed by atoms with Gasteiger partial charge in [-0.05, 0) is 89.9 Å². The molecular formula is C66H118NO8P. The number of carbonyl (C=O) groups is 2. The van der Waals surface area contributed by atoms with Crippen LogP contribution in [0.25, 0.3) is 0 Å². The molecule has 0 saturated heterocycles. The maximum Gasteiger partial charge on any atom is 0.306 e. The van der Waals surface area contributed by atoms with Crippen LogP contribution in [0, 0.1) is 0 Å². The molecule has 2 atom stereocenters. The van der Waals surface area contributed by atoms with Crippen molar-refractivity contribution in [2.75, 3.05) is 47.5 Å². The molecule has 0 aliphatic heterocycles. The first-order valence-corrected chi connectivity index (χ1v) is 32.8. The molecule has 0 aromatic carbocycles. The Morgan fingerprint density at radius 1 is 0.421 bits per heavy atom. The molecule has 0 bridgehead atoms. The zero-order chi connectivity index (χ0) is 55.6. The fraction of sp³-hybridized carbons (Fsp3) is 0.758. The Balaban J connectivity index is 4.12. The predicted octanol–water partition coefficient (Wildman–Crippen LogP) is 19.2. The maximum atomic E-state index is 12.8. The number of nitrogens with zero attached hydrogens (tertiary/aromatic N) is 1. The Bertz CT molecular complexity index is 1560. The molecule has 0 N–H and O–H groups in total. The number of phosphoric acid groups is 1. The second kappa shape index (κ2) is 56.9. The fourth-order valence-corrected chi connectivity index (χ4v) is 9.33. The number of rotatable bonds is 57. The highest BCUT2D eigenvalue weighted by molar-refractivity contribution is 7.45. The van der Waals surface area contributed by atoms with Gasteiger partial charge >= 0.3 is 11.9 Å². The number of likely N-dealkylation sites (N-methyl/N-ethyl adjacent to an activating group) is 1. The molecule has 440 valence electrons. The van der Waals surface area contributed by atoms with E-state index >= 15 is 0 Å². The molecule has 0 saturated carbocycles. The molecule has 0 aromatic heterocycles. The summed E-state index contributed by atoms with van der Waals surface area (Å²) in [6, 6.07) is 0. The summed E-state index contributed by atoms with van der Waals surface area (Å²) in [5.41, 5.74) is 0. The summed E-state index contributed by atoms with van der Waals surface area (Å²) in [4.78, 5) is 38.0. The van der Waals surface area contributed by atoms with Crippen LogP contribution in [-0.4, -0.2) is 70.0 Å². The Morgan fingerprint density at radius 3 is 1.12 bits per heavy atom. The summed E-state index contributed by atoms with van der Waals surface area (Å²) in [5, 5.41) is 0. The van der Waals surface area contributed by atoms with Gasteiger partial charge in [0.05, 0.1) is 27.7 Å². The maximum absolute atomic E-state index is 12.8. The highest BCUT2D eigenvalue weighted by Crippen LogP contribution is 2.38. The summed E-state index contributed by atoms with van der Waals surface area (Å²) in [6.07, 6.45) is 76.3. The Hall–Kier alpha value is -2.81. The van der Waals surface area contributed by atoms with E-state index in [0.29, 0.717) is 17.4 Å². The first-order chi connectivity index (χ1) is 37.0. The summed E-state index contributed by atoms with van der Waals surface area (Å²) in [7, 11) is 1.16. The third-order valence-electron chi connectivity index (χ3n) is 13.4. The average Bonchev–Trinajstić information content (AvgIpc) is 3.38. The Labute approximate surface area is 469 Å². The van der Waals surface area contributed by atoms with E-state index in [0.717, 1.165) is 89.9 Å². The van der Waals surface area contributed by atoms with E-state index in [-0.39, 0.29) is 32.0 Å². The number of hydrogen-bond acceptors (Lipinski definition) is 8. The van der Waals surface area contributed by atoms with Gasteiger partial charge in [-0.15, -0.1) is 0 Å². The highest BCUT2D eigenvalue weighted by Gasteiger charge is 2.22. The van der Waals surface area contributed by atoms with Crippen LogP contribution in [0.4, 0.5) is 0 Å². The van der Waals surface area contributed by atoms with E-state index in [4.69, 9.17) is 18.5 Å². The molecule has 10 heteroatoms. The third kappa shape index (κ3) is 60.4. The van der Waals surface area contributed by atoms with Gasteiger partial charge in [-0.3, -0.25) is 14.2 Å². The number of allylic oxidation sites excluding steroid dienone is 14. The van der Waals surface area contributed by atoms with Crippen LogP contribution in [0.2, 0.25) is 0 Å². The molecule has 0 radical (unpaired) electrons. The van der Waals surface area contributed by atoms with Gasteiger partial charge < -0.3 is 27.9 Å². The van der Waals surface area contributed by atoms with Crippen molar-refractivity contribution in [2.24, 2.45) is 0 Å². The smallest absolute Gasteiger partial charge is 0.306 e. The molecule has 9 nitrogen and oxygen atoms in total. The molecule has 0 heterocycles. The summed E-state index contributed by atoms with van der Waals surface area (Å²) in [6.45, 7) is 4.13. The Kier molecular flexibility index (Phi) is 54.8. The van der Waals surface area contributed by atoms with Crippen LogP contribution in [0.5, 0.6) is 0 Å². The number of hydrogen-bond donors (Lipinski definition) is 0. The normalized spacial score (nSPS) is 13.8. The molecule has 76 heavy (non-hydrogen) atoms. The van der Waals surface area contributed by atoms with E-state index < -0.39 is 26.5 Å². The second-order valence-electron chi connectivity index (χ2n) is 22.0. The van der Waals surface area contributed by atoms with Crippen molar-refractivity contribution < 1.29 is 42.1 Å². The lowest BCUT2D eigenvalue weighted by molar-refractivity contribution is -0.870. The van der Waals surface area contributed by atoms with Crippen molar-refractivity contribution >= 4 is 19.8 Å².